The van der Waals surface area contributed by atoms with Crippen LogP contribution in [0.25, 0.3) is 0 Å². The van der Waals surface area contributed by atoms with Gasteiger partial charge < -0.3 is 39.4 Å². The Bertz CT molecular complexity index is 1590. The van der Waals surface area contributed by atoms with Gasteiger partial charge in [0.05, 0.1) is 26.1 Å². The predicted molar refractivity (Wildman–Crippen MR) is 179 cm³/mol. The lowest BCUT2D eigenvalue weighted by molar-refractivity contribution is -0.165. The number of methoxy groups -OCH3 is 2. The van der Waals surface area contributed by atoms with Crippen LogP contribution in [0.5, 0.6) is 11.5 Å². The molecule has 3 rings (SSSR count). The summed E-state index contributed by atoms with van der Waals surface area (Å²) in [6, 6.07) is 10.7. The highest BCUT2D eigenvalue weighted by molar-refractivity contribution is 6.38. The number of carboxylic acids is 1. The van der Waals surface area contributed by atoms with Crippen LogP contribution in [0.3, 0.4) is 0 Å². The number of nitrogens with one attached hydrogen (secondary N) is 1. The minimum Gasteiger partial charge on any atom is -0.493 e. The van der Waals surface area contributed by atoms with Gasteiger partial charge >= 0.3 is 17.9 Å². The standard InChI is InChI=1S/C36H44N2O12/c1-6-31(42)49-21-36(2,3)32(43)34(45)38-17-8-7-12-25(38)35(46)50-27(15-13-22-14-16-28(47-4)29(18-22)48-5)23-10-9-11-24(19-23)37-33(44)26(39)20-30(40)41/h6,9-11,14,16,18-19,25-27,39H,1,7-8,12-13,15,17,20-21H2,2-5H3,(H,37,44)(H,40,41)/t25?,26?,27-/m1/s1. The number of amides is 2. The van der Waals surface area contributed by atoms with E-state index in [-0.39, 0.29) is 31.7 Å². The molecule has 0 spiro atoms. The molecular formula is C36H44N2O12. The molecule has 3 N–H and O–H groups in total. The Morgan fingerprint density at radius 3 is 2.42 bits per heavy atom. The van der Waals surface area contributed by atoms with Gasteiger partial charge in [0.2, 0.25) is 5.78 Å². The normalized spacial score (nSPS) is 15.5. The number of aliphatic hydroxyl groups excluding tert-OH is 1. The second-order valence-corrected chi connectivity index (χ2v) is 12.4. The highest BCUT2D eigenvalue weighted by atomic mass is 16.5. The molecule has 270 valence electrons. The molecule has 1 saturated heterocycles. The summed E-state index contributed by atoms with van der Waals surface area (Å²) in [5.74, 6) is -4.42. The number of anilines is 1. The fraction of sp³-hybridized carbons (Fsp3) is 0.444. The number of aliphatic carboxylic acids is 1. The van der Waals surface area contributed by atoms with E-state index in [1.54, 1.807) is 24.3 Å². The fourth-order valence-corrected chi connectivity index (χ4v) is 5.36. The Hall–Kier alpha value is -5.24. The van der Waals surface area contributed by atoms with Crippen LogP contribution in [0.2, 0.25) is 0 Å². The first-order valence-electron chi connectivity index (χ1n) is 16.1. The zero-order valence-electron chi connectivity index (χ0n) is 28.6. The number of hydrogen-bond acceptors (Lipinski definition) is 11. The Morgan fingerprint density at radius 1 is 1.04 bits per heavy atom. The Kier molecular flexibility index (Phi) is 14.1. The number of Topliss-reactive ketones (excluding diaryl/α,β-unsaturated/α-hetero) is 1. The van der Waals surface area contributed by atoms with Crippen molar-refractivity contribution in [1.82, 2.24) is 4.90 Å². The SMILES string of the molecule is C=CC(=O)OCC(C)(C)C(=O)C(=O)N1CCCCC1C(=O)O[C@H](CCc1ccc(OC)c(OC)c1)c1cccc(NC(=O)C(O)CC(=O)O)c1. The summed E-state index contributed by atoms with van der Waals surface area (Å²) in [5, 5.41) is 21.4. The topological polar surface area (TPSA) is 195 Å². The van der Waals surface area contributed by atoms with E-state index >= 15 is 0 Å². The van der Waals surface area contributed by atoms with Gasteiger partial charge in [-0.05, 0) is 81.3 Å². The summed E-state index contributed by atoms with van der Waals surface area (Å²) >= 11 is 0. The van der Waals surface area contributed by atoms with Crippen LogP contribution in [-0.4, -0.2) is 90.1 Å². The van der Waals surface area contributed by atoms with Gasteiger partial charge in [0, 0.05) is 18.3 Å². The molecule has 2 unspecified atom stereocenters. The number of benzene rings is 2. The maximum Gasteiger partial charge on any atom is 0.330 e. The third-order valence-electron chi connectivity index (χ3n) is 8.18. The molecule has 0 saturated carbocycles. The van der Waals surface area contributed by atoms with Crippen LogP contribution >= 0.6 is 0 Å². The highest BCUT2D eigenvalue weighted by Crippen LogP contribution is 2.32. The molecule has 50 heavy (non-hydrogen) atoms. The summed E-state index contributed by atoms with van der Waals surface area (Å²) in [6.45, 7) is 6.05. The van der Waals surface area contributed by atoms with Crippen molar-refractivity contribution in [2.45, 2.75) is 70.6 Å². The molecule has 14 nitrogen and oxygen atoms in total. The van der Waals surface area contributed by atoms with E-state index in [1.165, 1.54) is 45.1 Å². The number of ether oxygens (including phenoxy) is 4. The number of aryl methyl sites for hydroxylation is 1. The van der Waals surface area contributed by atoms with Crippen molar-refractivity contribution in [2.75, 3.05) is 32.7 Å². The molecule has 2 aromatic carbocycles. The van der Waals surface area contributed by atoms with E-state index in [2.05, 4.69) is 11.9 Å². The molecule has 0 bridgehead atoms. The number of hydrogen-bond donors (Lipinski definition) is 3. The second kappa shape index (κ2) is 18.0. The molecule has 1 aliphatic heterocycles. The fourth-order valence-electron chi connectivity index (χ4n) is 5.36. The smallest absolute Gasteiger partial charge is 0.330 e. The Morgan fingerprint density at radius 2 is 1.76 bits per heavy atom. The molecular weight excluding hydrogens is 652 g/mol. The summed E-state index contributed by atoms with van der Waals surface area (Å²) in [7, 11) is 3.03. The average molecular weight is 697 g/mol. The van der Waals surface area contributed by atoms with Gasteiger partial charge in [0.15, 0.2) is 11.5 Å². The van der Waals surface area contributed by atoms with Crippen LogP contribution in [0, 0.1) is 5.41 Å². The van der Waals surface area contributed by atoms with Crippen molar-refractivity contribution in [1.29, 1.82) is 0 Å². The molecule has 14 heteroatoms. The largest absolute Gasteiger partial charge is 0.493 e. The third-order valence-corrected chi connectivity index (χ3v) is 8.18. The van der Waals surface area contributed by atoms with E-state index in [0.29, 0.717) is 36.3 Å². The van der Waals surface area contributed by atoms with Crippen LogP contribution < -0.4 is 14.8 Å². The monoisotopic (exact) mass is 696 g/mol. The zero-order chi connectivity index (χ0) is 37.0. The van der Waals surface area contributed by atoms with Gasteiger partial charge in [-0.2, -0.15) is 0 Å². The number of esters is 2. The molecule has 1 fully saturated rings. The van der Waals surface area contributed by atoms with Crippen molar-refractivity contribution < 1.29 is 57.9 Å². The molecule has 0 aromatic heterocycles. The van der Waals surface area contributed by atoms with Crippen molar-refractivity contribution in [2.24, 2.45) is 5.41 Å². The molecule has 2 amide bonds. The molecule has 1 aliphatic rings. The number of ketones is 1. The molecule has 2 aromatic rings. The maximum absolute atomic E-state index is 13.9. The van der Waals surface area contributed by atoms with Crippen molar-refractivity contribution in [3.8, 4) is 11.5 Å². The van der Waals surface area contributed by atoms with Gasteiger partial charge in [-0.25, -0.2) is 9.59 Å². The first-order chi connectivity index (χ1) is 23.7. The van der Waals surface area contributed by atoms with Gasteiger partial charge in [0.25, 0.3) is 11.8 Å². The van der Waals surface area contributed by atoms with Gasteiger partial charge in [-0.15, -0.1) is 0 Å². The molecule has 1 heterocycles. The lowest BCUT2D eigenvalue weighted by Gasteiger charge is -2.36. The molecule has 0 radical (unpaired) electrons. The van der Waals surface area contributed by atoms with Crippen LogP contribution in [0.4, 0.5) is 5.69 Å². The summed E-state index contributed by atoms with van der Waals surface area (Å²) in [4.78, 5) is 76.9. The zero-order valence-corrected chi connectivity index (χ0v) is 28.6. The number of rotatable bonds is 17. The third kappa shape index (κ3) is 10.6. The summed E-state index contributed by atoms with van der Waals surface area (Å²) in [6.07, 6.45) is -0.449. The van der Waals surface area contributed by atoms with E-state index in [1.807, 2.05) is 6.07 Å². The lowest BCUT2D eigenvalue weighted by atomic mass is 9.87. The first-order valence-corrected chi connectivity index (χ1v) is 16.1. The Labute approximate surface area is 290 Å². The number of carbonyl (C=O) groups is 6. The predicted octanol–water partition coefficient (Wildman–Crippen LogP) is 3.40. The van der Waals surface area contributed by atoms with Crippen LogP contribution in [0.15, 0.2) is 55.1 Å². The Balaban J connectivity index is 1.88. The number of aliphatic hydroxyl groups is 1. The minimum absolute atomic E-state index is 0.142. The van der Waals surface area contributed by atoms with E-state index in [0.717, 1.165) is 11.6 Å². The second-order valence-electron chi connectivity index (χ2n) is 12.4. The number of piperidine rings is 1. The van der Waals surface area contributed by atoms with Gasteiger partial charge in [0.1, 0.15) is 24.9 Å². The summed E-state index contributed by atoms with van der Waals surface area (Å²) in [5.41, 5.74) is 0.166. The number of carboxylic acid groups (broad SMARTS) is 1. The molecule has 0 aliphatic carbocycles. The minimum atomic E-state index is -1.79. The lowest BCUT2D eigenvalue weighted by Crippen LogP contribution is -2.53. The number of likely N-dealkylation sites (tertiary alicyclic amines) is 1. The van der Waals surface area contributed by atoms with Crippen LogP contribution in [0.1, 0.15) is 63.2 Å². The summed E-state index contributed by atoms with van der Waals surface area (Å²) < 4.78 is 21.8. The van der Waals surface area contributed by atoms with E-state index in [9.17, 15) is 33.9 Å². The van der Waals surface area contributed by atoms with Crippen LogP contribution in [-0.2, 0) is 44.7 Å². The van der Waals surface area contributed by atoms with E-state index < -0.39 is 65.6 Å². The van der Waals surface area contributed by atoms with Gasteiger partial charge in [-0.1, -0.05) is 24.8 Å². The quantitative estimate of drug-likeness (QED) is 0.124. The van der Waals surface area contributed by atoms with Crippen molar-refractivity contribution >= 4 is 41.2 Å². The maximum atomic E-state index is 13.9. The highest BCUT2D eigenvalue weighted by Gasteiger charge is 2.42. The van der Waals surface area contributed by atoms with Crippen molar-refractivity contribution in [3.63, 3.8) is 0 Å². The number of nitrogens with zero attached hydrogens (tertiary/aromatic N) is 1. The average Bonchev–Trinajstić information content (AvgIpc) is 3.11. The van der Waals surface area contributed by atoms with E-state index in [4.69, 9.17) is 24.1 Å². The van der Waals surface area contributed by atoms with Gasteiger partial charge in [-0.3, -0.25) is 19.2 Å². The van der Waals surface area contributed by atoms with Crippen molar-refractivity contribution in [3.05, 3.63) is 66.2 Å². The first kappa shape index (κ1) is 39.2. The number of carbonyl (C=O) groups excluding carboxylic acids is 5. The molecule has 3 atom stereocenters.